The Morgan fingerprint density at radius 3 is 2.50 bits per heavy atom. The Labute approximate surface area is 122 Å². The van der Waals surface area contributed by atoms with Crippen LogP contribution in [0.3, 0.4) is 0 Å². The van der Waals surface area contributed by atoms with E-state index >= 15 is 0 Å². The summed E-state index contributed by atoms with van der Waals surface area (Å²) in [6.45, 7) is 0. The van der Waals surface area contributed by atoms with Gasteiger partial charge >= 0.3 is 0 Å². The molecule has 0 amide bonds. The van der Waals surface area contributed by atoms with Crippen LogP contribution in [0.1, 0.15) is 0 Å². The monoisotopic (exact) mass is 316 g/mol. The van der Waals surface area contributed by atoms with Crippen molar-refractivity contribution >= 4 is 21.6 Å². The molecule has 0 aliphatic carbocycles. The first-order chi connectivity index (χ1) is 9.38. The molecule has 0 bridgehead atoms. The zero-order chi connectivity index (χ0) is 14.9. The van der Waals surface area contributed by atoms with Crippen LogP contribution < -0.4 is 9.47 Å². The van der Waals surface area contributed by atoms with Crippen molar-refractivity contribution < 1.29 is 17.9 Å². The normalized spacial score (nSPS) is 11.4. The average Bonchev–Trinajstić information content (AvgIpc) is 2.86. The Morgan fingerprint density at radius 1 is 1.25 bits per heavy atom. The Bertz CT molecular complexity index is 740. The molecule has 0 saturated carbocycles. The molecular formula is C12H13ClN2O4S. The van der Waals surface area contributed by atoms with Crippen LogP contribution in [0.4, 0.5) is 0 Å². The number of methoxy groups -OCH3 is 2. The molecule has 20 heavy (non-hydrogen) atoms. The zero-order valence-corrected chi connectivity index (χ0v) is 12.7. The van der Waals surface area contributed by atoms with Crippen LogP contribution in [0, 0.1) is 0 Å². The minimum absolute atomic E-state index is 0.260. The van der Waals surface area contributed by atoms with Gasteiger partial charge in [-0.3, -0.25) is 0 Å². The molecule has 0 aliphatic rings. The van der Waals surface area contributed by atoms with Crippen molar-refractivity contribution in [1.29, 1.82) is 0 Å². The number of benzene rings is 1. The van der Waals surface area contributed by atoms with E-state index < -0.39 is 10.0 Å². The summed E-state index contributed by atoms with van der Waals surface area (Å²) in [6, 6.07) is 3.20. The van der Waals surface area contributed by atoms with Crippen molar-refractivity contribution in [3.05, 3.63) is 29.5 Å². The lowest BCUT2D eigenvalue weighted by atomic mass is 10.2. The smallest absolute Gasteiger partial charge is 0.237 e. The molecule has 0 radical (unpaired) electrons. The van der Waals surface area contributed by atoms with Gasteiger partial charge in [0.1, 0.15) is 0 Å². The second kappa shape index (κ2) is 5.34. The van der Waals surface area contributed by atoms with Gasteiger partial charge in [-0.25, -0.2) is 17.4 Å². The molecule has 0 saturated heterocycles. The molecule has 108 valence electrons. The van der Waals surface area contributed by atoms with E-state index in [1.165, 1.54) is 26.6 Å². The van der Waals surface area contributed by atoms with Crippen molar-refractivity contribution in [2.45, 2.75) is 0 Å². The predicted molar refractivity (Wildman–Crippen MR) is 76.0 cm³/mol. The second-order valence-electron chi connectivity index (χ2n) is 4.00. The maximum atomic E-state index is 11.7. The molecule has 6 nitrogen and oxygen atoms in total. The molecule has 1 heterocycles. The molecule has 0 fully saturated rings. The van der Waals surface area contributed by atoms with Crippen molar-refractivity contribution in [1.82, 2.24) is 8.96 Å². The van der Waals surface area contributed by atoms with E-state index in [4.69, 9.17) is 21.1 Å². The summed E-state index contributed by atoms with van der Waals surface area (Å²) in [7, 11) is -0.501. The topological polar surface area (TPSA) is 70.4 Å². The summed E-state index contributed by atoms with van der Waals surface area (Å²) >= 11 is 6.11. The first-order valence-corrected chi connectivity index (χ1v) is 7.77. The molecule has 1 aromatic heterocycles. The van der Waals surface area contributed by atoms with E-state index in [1.54, 1.807) is 12.1 Å². The van der Waals surface area contributed by atoms with Crippen molar-refractivity contribution in [2.24, 2.45) is 0 Å². The molecule has 0 aliphatic heterocycles. The molecule has 2 rings (SSSR count). The molecule has 0 spiro atoms. The first kappa shape index (κ1) is 14.7. The molecular weight excluding hydrogens is 304 g/mol. The quantitative estimate of drug-likeness (QED) is 0.863. The molecule has 0 unspecified atom stereocenters. The molecule has 8 heteroatoms. The highest BCUT2D eigenvalue weighted by molar-refractivity contribution is 7.89. The van der Waals surface area contributed by atoms with Crippen LogP contribution in [-0.2, 0) is 10.0 Å². The third-order valence-electron chi connectivity index (χ3n) is 2.66. The minimum atomic E-state index is -3.45. The predicted octanol–water partition coefficient (Wildman–Crippen LogP) is 2.03. The molecule has 0 atom stereocenters. The lowest BCUT2D eigenvalue weighted by molar-refractivity contribution is 0.355. The largest absolute Gasteiger partial charge is 0.493 e. The summed E-state index contributed by atoms with van der Waals surface area (Å²) in [5, 5.41) is 0.310. The Hall–Kier alpha value is -1.73. The maximum Gasteiger partial charge on any atom is 0.237 e. The Morgan fingerprint density at radius 2 is 1.95 bits per heavy atom. The fourth-order valence-electron chi connectivity index (χ4n) is 1.81. The van der Waals surface area contributed by atoms with Crippen LogP contribution in [0.5, 0.6) is 11.5 Å². The zero-order valence-electron chi connectivity index (χ0n) is 11.1. The van der Waals surface area contributed by atoms with E-state index in [0.717, 1.165) is 10.2 Å². The number of hydrogen-bond acceptors (Lipinski definition) is 5. The van der Waals surface area contributed by atoms with Gasteiger partial charge in [0.2, 0.25) is 10.0 Å². The summed E-state index contributed by atoms with van der Waals surface area (Å²) < 4.78 is 34.8. The summed E-state index contributed by atoms with van der Waals surface area (Å²) in [5.41, 5.74) is 0.517. The van der Waals surface area contributed by atoms with Gasteiger partial charge in [0.05, 0.1) is 25.5 Å². The van der Waals surface area contributed by atoms with Gasteiger partial charge in [-0.2, -0.15) is 0 Å². The maximum absolute atomic E-state index is 11.7. The Kier molecular flexibility index (Phi) is 3.92. The van der Waals surface area contributed by atoms with Crippen LogP contribution in [-0.4, -0.2) is 37.8 Å². The molecule has 0 N–H and O–H groups in total. The first-order valence-electron chi connectivity index (χ1n) is 5.54. The summed E-state index contributed by atoms with van der Waals surface area (Å²) in [5.74, 6) is 1.05. The lowest BCUT2D eigenvalue weighted by Crippen LogP contribution is -2.10. The van der Waals surface area contributed by atoms with Crippen molar-refractivity contribution in [3.63, 3.8) is 0 Å². The Balaban J connectivity index is 2.66. The molecule has 1 aromatic carbocycles. The van der Waals surface area contributed by atoms with Crippen molar-refractivity contribution in [3.8, 4) is 22.9 Å². The summed E-state index contributed by atoms with van der Waals surface area (Å²) in [4.78, 5) is 4.05. The third-order valence-corrected chi connectivity index (χ3v) is 3.95. The summed E-state index contributed by atoms with van der Waals surface area (Å²) in [6.07, 6.45) is 3.87. The van der Waals surface area contributed by atoms with E-state index in [0.29, 0.717) is 22.1 Å². The van der Waals surface area contributed by atoms with E-state index in [9.17, 15) is 8.42 Å². The number of aromatic nitrogens is 2. The van der Waals surface area contributed by atoms with Gasteiger partial charge in [-0.05, 0) is 12.1 Å². The fourth-order valence-corrected chi connectivity index (χ4v) is 2.84. The van der Waals surface area contributed by atoms with Crippen molar-refractivity contribution in [2.75, 3.05) is 20.5 Å². The van der Waals surface area contributed by atoms with Crippen LogP contribution in [0.15, 0.2) is 24.5 Å². The van der Waals surface area contributed by atoms with Gasteiger partial charge < -0.3 is 9.47 Å². The van der Waals surface area contributed by atoms with E-state index in [2.05, 4.69) is 4.98 Å². The van der Waals surface area contributed by atoms with Gasteiger partial charge in [-0.1, -0.05) is 11.6 Å². The highest BCUT2D eigenvalue weighted by Crippen LogP contribution is 2.38. The van der Waals surface area contributed by atoms with Gasteiger partial charge in [0.15, 0.2) is 17.3 Å². The van der Waals surface area contributed by atoms with Gasteiger partial charge in [0.25, 0.3) is 0 Å². The van der Waals surface area contributed by atoms with Crippen LogP contribution >= 0.6 is 11.6 Å². The van der Waals surface area contributed by atoms with E-state index in [-0.39, 0.29) is 5.82 Å². The van der Waals surface area contributed by atoms with E-state index in [1.807, 2.05) is 0 Å². The second-order valence-corrected chi connectivity index (χ2v) is 6.27. The number of imidazole rings is 1. The van der Waals surface area contributed by atoms with Gasteiger partial charge in [-0.15, -0.1) is 0 Å². The van der Waals surface area contributed by atoms with Gasteiger partial charge in [0, 0.05) is 18.0 Å². The SMILES string of the molecule is COc1cc(-c2nccn2S(C)(=O)=O)cc(Cl)c1OC. The lowest BCUT2D eigenvalue weighted by Gasteiger charge is -2.12. The number of halogens is 1. The minimum Gasteiger partial charge on any atom is -0.493 e. The number of ether oxygens (including phenoxy) is 2. The number of nitrogens with zero attached hydrogens (tertiary/aromatic N) is 2. The highest BCUT2D eigenvalue weighted by atomic mass is 35.5. The fraction of sp³-hybridized carbons (Fsp3) is 0.250. The van der Waals surface area contributed by atoms with Crippen LogP contribution in [0.25, 0.3) is 11.4 Å². The standard InChI is InChI=1S/C12H13ClN2O4S/c1-18-10-7-8(6-9(13)11(10)19-2)12-14-4-5-15(12)20(3,16)17/h4-7H,1-3H3. The number of hydrogen-bond donors (Lipinski definition) is 0. The molecule has 2 aromatic rings. The third kappa shape index (κ3) is 2.59. The number of rotatable bonds is 4. The highest BCUT2D eigenvalue weighted by Gasteiger charge is 2.17. The van der Waals surface area contributed by atoms with Crippen LogP contribution in [0.2, 0.25) is 5.02 Å². The average molecular weight is 317 g/mol.